The monoisotopic (exact) mass is 309 g/mol. The van der Waals surface area contributed by atoms with E-state index in [-0.39, 0.29) is 11.6 Å². The fourth-order valence-electron chi connectivity index (χ4n) is 2.26. The lowest BCUT2D eigenvalue weighted by atomic mass is 10.3. The number of fused-ring (bicyclic) bond motifs is 1. The average molecular weight is 310 g/mol. The van der Waals surface area contributed by atoms with Crippen LogP contribution in [0.15, 0.2) is 18.2 Å². The Bertz CT molecular complexity index is 687. The maximum absolute atomic E-state index is 12.9. The van der Waals surface area contributed by atoms with Gasteiger partial charge >= 0.3 is 6.03 Å². The second kappa shape index (κ2) is 5.69. The van der Waals surface area contributed by atoms with E-state index in [2.05, 4.69) is 20.8 Å². The number of benzene rings is 1. The number of aryl methyl sites for hydroxylation is 1. The van der Waals surface area contributed by atoms with Gasteiger partial charge in [0.1, 0.15) is 11.6 Å². The van der Waals surface area contributed by atoms with Gasteiger partial charge in [-0.25, -0.2) is 9.18 Å². The summed E-state index contributed by atoms with van der Waals surface area (Å²) in [5.74, 6) is 1.22. The number of hydrogen-bond donors (Lipinski definition) is 2. The number of halogens is 2. The van der Waals surface area contributed by atoms with Crippen molar-refractivity contribution < 1.29 is 9.18 Å². The Morgan fingerprint density at radius 3 is 3.10 bits per heavy atom. The van der Waals surface area contributed by atoms with Gasteiger partial charge in [0.2, 0.25) is 0 Å². The molecule has 21 heavy (non-hydrogen) atoms. The third-order valence-corrected chi connectivity index (χ3v) is 3.59. The predicted octanol–water partition coefficient (Wildman–Crippen LogP) is 2.34. The van der Waals surface area contributed by atoms with Gasteiger partial charge in [0, 0.05) is 13.0 Å². The Morgan fingerprint density at radius 1 is 1.43 bits per heavy atom. The van der Waals surface area contributed by atoms with Crippen molar-refractivity contribution >= 4 is 23.3 Å². The van der Waals surface area contributed by atoms with Gasteiger partial charge < -0.3 is 15.2 Å². The zero-order valence-electron chi connectivity index (χ0n) is 11.1. The molecule has 3 rings (SSSR count). The lowest BCUT2D eigenvalue weighted by Gasteiger charge is -2.09. The highest BCUT2D eigenvalue weighted by atomic mass is 35.5. The van der Waals surface area contributed by atoms with Crippen molar-refractivity contribution in [1.82, 2.24) is 20.1 Å². The van der Waals surface area contributed by atoms with Crippen molar-refractivity contribution in [2.24, 2.45) is 0 Å². The highest BCUT2D eigenvalue weighted by Crippen LogP contribution is 2.22. The van der Waals surface area contributed by atoms with Gasteiger partial charge in [-0.05, 0) is 24.6 Å². The van der Waals surface area contributed by atoms with Crippen molar-refractivity contribution in [2.75, 3.05) is 5.32 Å². The van der Waals surface area contributed by atoms with Gasteiger partial charge in [-0.2, -0.15) is 0 Å². The van der Waals surface area contributed by atoms with E-state index in [0.29, 0.717) is 5.69 Å². The van der Waals surface area contributed by atoms with Crippen LogP contribution in [0.25, 0.3) is 0 Å². The van der Waals surface area contributed by atoms with Crippen molar-refractivity contribution in [3.05, 3.63) is 40.7 Å². The molecule has 0 unspecified atom stereocenters. The minimum Gasteiger partial charge on any atom is -0.331 e. The third-order valence-electron chi connectivity index (χ3n) is 3.27. The van der Waals surface area contributed by atoms with Gasteiger partial charge in [0.25, 0.3) is 0 Å². The van der Waals surface area contributed by atoms with Crippen LogP contribution in [0.3, 0.4) is 0 Å². The summed E-state index contributed by atoms with van der Waals surface area (Å²) in [6, 6.07) is 3.35. The average Bonchev–Trinajstić information content (AvgIpc) is 3.03. The first-order chi connectivity index (χ1) is 10.1. The molecule has 2 heterocycles. The number of nitrogens with one attached hydrogen (secondary N) is 2. The molecule has 0 bridgehead atoms. The first-order valence-corrected chi connectivity index (χ1v) is 6.92. The Kier molecular flexibility index (Phi) is 3.74. The number of carbonyl (C=O) groups is 1. The van der Waals surface area contributed by atoms with Crippen LogP contribution in [0.2, 0.25) is 5.02 Å². The van der Waals surface area contributed by atoms with E-state index in [1.54, 1.807) is 0 Å². The molecule has 110 valence electrons. The largest absolute Gasteiger partial charge is 0.331 e. The minimum atomic E-state index is -0.454. The van der Waals surface area contributed by atoms with E-state index < -0.39 is 11.8 Å². The maximum Gasteiger partial charge on any atom is 0.319 e. The zero-order valence-corrected chi connectivity index (χ0v) is 11.8. The molecular weight excluding hydrogens is 297 g/mol. The number of hydrogen-bond acceptors (Lipinski definition) is 3. The molecule has 0 radical (unpaired) electrons. The molecule has 6 nitrogen and oxygen atoms in total. The fourth-order valence-corrected chi connectivity index (χ4v) is 2.47. The summed E-state index contributed by atoms with van der Waals surface area (Å²) < 4.78 is 14.9. The van der Waals surface area contributed by atoms with Crippen LogP contribution in [-0.4, -0.2) is 20.8 Å². The standard InChI is InChI=1S/C13H13ClFN5O/c14-9-6-8(15)3-4-10(9)17-13(21)16-7-12-19-18-11-2-1-5-20(11)12/h3-4,6H,1-2,5,7H2,(H2,16,17,21). The predicted molar refractivity (Wildman–Crippen MR) is 75.6 cm³/mol. The lowest BCUT2D eigenvalue weighted by molar-refractivity contribution is 0.251. The van der Waals surface area contributed by atoms with Crippen LogP contribution >= 0.6 is 11.6 Å². The Labute approximate surface area is 125 Å². The molecule has 1 aromatic heterocycles. The van der Waals surface area contributed by atoms with Gasteiger partial charge in [-0.15, -0.1) is 10.2 Å². The van der Waals surface area contributed by atoms with Crippen molar-refractivity contribution in [1.29, 1.82) is 0 Å². The smallest absolute Gasteiger partial charge is 0.319 e. The molecule has 2 N–H and O–H groups in total. The summed E-state index contributed by atoms with van der Waals surface area (Å²) in [6.45, 7) is 1.16. The summed E-state index contributed by atoms with van der Waals surface area (Å²) in [7, 11) is 0. The minimum absolute atomic E-state index is 0.147. The number of amides is 2. The van der Waals surface area contributed by atoms with Gasteiger partial charge in [-0.1, -0.05) is 11.6 Å². The van der Waals surface area contributed by atoms with Gasteiger partial charge in [-0.3, -0.25) is 0 Å². The zero-order chi connectivity index (χ0) is 14.8. The van der Waals surface area contributed by atoms with Crippen LogP contribution < -0.4 is 10.6 Å². The van der Waals surface area contributed by atoms with E-state index in [1.807, 2.05) is 4.57 Å². The number of aromatic nitrogens is 3. The van der Waals surface area contributed by atoms with E-state index in [4.69, 9.17) is 11.6 Å². The van der Waals surface area contributed by atoms with Gasteiger partial charge in [0.15, 0.2) is 5.82 Å². The van der Waals surface area contributed by atoms with Crippen LogP contribution in [0, 0.1) is 5.82 Å². The second-order valence-corrected chi connectivity index (χ2v) is 5.13. The quantitative estimate of drug-likeness (QED) is 0.914. The number of rotatable bonds is 3. The van der Waals surface area contributed by atoms with Crippen LogP contribution in [0.5, 0.6) is 0 Å². The molecule has 0 fully saturated rings. The number of nitrogens with zero attached hydrogens (tertiary/aromatic N) is 3. The Hall–Kier alpha value is -2.15. The Balaban J connectivity index is 1.59. The van der Waals surface area contributed by atoms with Crippen LogP contribution in [0.4, 0.5) is 14.9 Å². The number of anilines is 1. The topological polar surface area (TPSA) is 71.8 Å². The molecular formula is C13H13ClFN5O. The molecule has 0 spiro atoms. The third kappa shape index (κ3) is 2.97. The van der Waals surface area contributed by atoms with Crippen LogP contribution in [0.1, 0.15) is 18.1 Å². The fraction of sp³-hybridized carbons (Fsp3) is 0.308. The summed E-state index contributed by atoms with van der Waals surface area (Å²) in [5.41, 5.74) is 0.349. The molecule has 0 saturated heterocycles. The SMILES string of the molecule is O=C(NCc1nnc2n1CCC2)Nc1ccc(F)cc1Cl. The van der Waals surface area contributed by atoms with Crippen molar-refractivity contribution in [2.45, 2.75) is 25.9 Å². The number of urea groups is 1. The van der Waals surface area contributed by atoms with E-state index in [0.717, 1.165) is 37.1 Å². The molecule has 1 aliphatic heterocycles. The molecule has 0 saturated carbocycles. The highest BCUT2D eigenvalue weighted by molar-refractivity contribution is 6.33. The molecule has 1 aromatic carbocycles. The lowest BCUT2D eigenvalue weighted by Crippen LogP contribution is -2.29. The second-order valence-electron chi connectivity index (χ2n) is 4.72. The molecule has 2 aromatic rings. The summed E-state index contributed by atoms with van der Waals surface area (Å²) in [6.07, 6.45) is 1.97. The van der Waals surface area contributed by atoms with Gasteiger partial charge in [0.05, 0.1) is 17.3 Å². The summed E-state index contributed by atoms with van der Waals surface area (Å²) in [4.78, 5) is 11.8. The molecule has 0 atom stereocenters. The summed E-state index contributed by atoms with van der Waals surface area (Å²) >= 11 is 5.84. The maximum atomic E-state index is 12.9. The van der Waals surface area contributed by atoms with E-state index in [1.165, 1.54) is 12.1 Å². The van der Waals surface area contributed by atoms with Crippen LogP contribution in [-0.2, 0) is 19.5 Å². The normalized spacial score (nSPS) is 13.0. The number of carbonyl (C=O) groups excluding carboxylic acids is 1. The first kappa shape index (κ1) is 13.8. The van der Waals surface area contributed by atoms with Crippen molar-refractivity contribution in [3.8, 4) is 0 Å². The van der Waals surface area contributed by atoms with Crippen molar-refractivity contribution in [3.63, 3.8) is 0 Å². The molecule has 0 aliphatic carbocycles. The molecule has 8 heteroatoms. The molecule has 2 amide bonds. The Morgan fingerprint density at radius 2 is 2.29 bits per heavy atom. The highest BCUT2D eigenvalue weighted by Gasteiger charge is 2.17. The first-order valence-electron chi connectivity index (χ1n) is 6.54. The molecule has 1 aliphatic rings. The van der Waals surface area contributed by atoms with E-state index >= 15 is 0 Å². The summed E-state index contributed by atoms with van der Waals surface area (Å²) in [5, 5.41) is 13.5. The van der Waals surface area contributed by atoms with E-state index in [9.17, 15) is 9.18 Å².